The zero-order chi connectivity index (χ0) is 19.7. The van der Waals surface area contributed by atoms with Crippen LogP contribution in [-0.4, -0.2) is 16.1 Å². The molecule has 0 bridgehead atoms. The fourth-order valence-electron chi connectivity index (χ4n) is 4.05. The molecular formula is C24H28N4. The summed E-state index contributed by atoms with van der Waals surface area (Å²) < 4.78 is 0. The average Bonchev–Trinajstić information content (AvgIpc) is 3.02. The fraction of sp³-hybridized carbons (Fsp3) is 0.333. The monoisotopic (exact) mass is 372 g/mol. The molecule has 1 atom stereocenters. The van der Waals surface area contributed by atoms with Crippen molar-refractivity contribution in [1.29, 1.82) is 0 Å². The van der Waals surface area contributed by atoms with Crippen LogP contribution in [0.15, 0.2) is 54.6 Å². The third kappa shape index (κ3) is 3.03. The average molecular weight is 373 g/mol. The van der Waals surface area contributed by atoms with Gasteiger partial charge in [0, 0.05) is 11.4 Å². The Morgan fingerprint density at radius 3 is 2.04 bits per heavy atom. The number of nitrogens with zero attached hydrogens (tertiary/aromatic N) is 4. The van der Waals surface area contributed by atoms with Gasteiger partial charge in [0.05, 0.1) is 11.4 Å². The largest absolute Gasteiger partial charge is 0.302 e. The van der Waals surface area contributed by atoms with E-state index in [9.17, 15) is 0 Å². The summed E-state index contributed by atoms with van der Waals surface area (Å²) >= 11 is 0. The van der Waals surface area contributed by atoms with Crippen LogP contribution in [0.4, 0.5) is 23.0 Å². The molecule has 0 saturated carbocycles. The van der Waals surface area contributed by atoms with Gasteiger partial charge in [-0.3, -0.25) is 0 Å². The number of hydrogen-bond acceptors (Lipinski definition) is 4. The Bertz CT molecular complexity index is 968. The van der Waals surface area contributed by atoms with Crippen LogP contribution in [0, 0.1) is 13.8 Å². The van der Waals surface area contributed by atoms with E-state index in [0.29, 0.717) is 0 Å². The quantitative estimate of drug-likeness (QED) is 0.544. The van der Waals surface area contributed by atoms with Crippen molar-refractivity contribution in [2.75, 3.05) is 9.80 Å². The van der Waals surface area contributed by atoms with Gasteiger partial charge >= 0.3 is 0 Å². The molecule has 0 aliphatic carbocycles. The van der Waals surface area contributed by atoms with Crippen LogP contribution in [0.1, 0.15) is 43.6 Å². The van der Waals surface area contributed by atoms with E-state index in [2.05, 4.69) is 78.2 Å². The summed E-state index contributed by atoms with van der Waals surface area (Å²) in [5.41, 5.74) is 5.74. The molecule has 3 aromatic rings. The summed E-state index contributed by atoms with van der Waals surface area (Å²) in [6, 6.07) is 19.3. The fourth-order valence-corrected chi connectivity index (χ4v) is 4.05. The molecule has 4 rings (SSSR count). The smallest absolute Gasteiger partial charge is 0.178 e. The number of benzene rings is 2. The minimum atomic E-state index is 0.150. The SMILES string of the molecule is CCCc1ccccc1N1c2nc(C)c(C)nc2N(c2ccccc2)C1CC. The topological polar surface area (TPSA) is 32.3 Å². The van der Waals surface area contributed by atoms with Gasteiger partial charge in [-0.1, -0.05) is 56.7 Å². The van der Waals surface area contributed by atoms with Crippen molar-refractivity contribution in [2.24, 2.45) is 0 Å². The molecule has 0 spiro atoms. The number of aromatic nitrogens is 2. The van der Waals surface area contributed by atoms with Gasteiger partial charge in [0.2, 0.25) is 0 Å². The normalized spacial score (nSPS) is 15.8. The van der Waals surface area contributed by atoms with Crippen LogP contribution >= 0.6 is 0 Å². The van der Waals surface area contributed by atoms with Gasteiger partial charge in [-0.05, 0) is 50.5 Å². The van der Waals surface area contributed by atoms with Crippen LogP contribution < -0.4 is 9.80 Å². The second-order valence-corrected chi connectivity index (χ2v) is 7.38. The first-order valence-electron chi connectivity index (χ1n) is 10.2. The van der Waals surface area contributed by atoms with Crippen LogP contribution in [-0.2, 0) is 6.42 Å². The Kier molecular flexibility index (Phi) is 5.03. The van der Waals surface area contributed by atoms with Crippen molar-refractivity contribution >= 4 is 23.0 Å². The number of rotatable bonds is 5. The molecule has 4 heteroatoms. The number of para-hydroxylation sites is 2. The first-order chi connectivity index (χ1) is 13.7. The lowest BCUT2D eigenvalue weighted by Gasteiger charge is -2.32. The molecule has 1 aromatic heterocycles. The summed E-state index contributed by atoms with van der Waals surface area (Å²) in [5.74, 6) is 1.91. The van der Waals surface area contributed by atoms with Crippen LogP contribution in [0.2, 0.25) is 0 Å². The van der Waals surface area contributed by atoms with Crippen molar-refractivity contribution in [3.8, 4) is 0 Å². The highest BCUT2D eigenvalue weighted by molar-refractivity contribution is 5.84. The lowest BCUT2D eigenvalue weighted by molar-refractivity contribution is 0.659. The lowest BCUT2D eigenvalue weighted by atomic mass is 10.1. The van der Waals surface area contributed by atoms with E-state index in [1.807, 2.05) is 13.8 Å². The lowest BCUT2D eigenvalue weighted by Crippen LogP contribution is -2.38. The van der Waals surface area contributed by atoms with Gasteiger partial charge < -0.3 is 9.80 Å². The maximum Gasteiger partial charge on any atom is 0.178 e. The number of fused-ring (bicyclic) bond motifs is 1. The van der Waals surface area contributed by atoms with Crippen molar-refractivity contribution in [2.45, 2.75) is 53.1 Å². The molecule has 0 radical (unpaired) electrons. The Labute approximate surface area is 167 Å². The molecule has 0 N–H and O–H groups in total. The zero-order valence-electron chi connectivity index (χ0n) is 17.2. The Balaban J connectivity index is 1.94. The van der Waals surface area contributed by atoms with Crippen molar-refractivity contribution in [1.82, 2.24) is 9.97 Å². The van der Waals surface area contributed by atoms with Gasteiger partial charge in [0.15, 0.2) is 11.6 Å². The predicted octanol–water partition coefficient (Wildman–Crippen LogP) is 6.07. The molecule has 0 amide bonds. The Morgan fingerprint density at radius 1 is 0.786 bits per heavy atom. The van der Waals surface area contributed by atoms with Gasteiger partial charge in [-0.15, -0.1) is 0 Å². The molecule has 0 saturated heterocycles. The Hall–Kier alpha value is -2.88. The number of anilines is 4. The van der Waals surface area contributed by atoms with E-state index in [1.54, 1.807) is 0 Å². The van der Waals surface area contributed by atoms with Crippen LogP contribution in [0.5, 0.6) is 0 Å². The first-order valence-corrected chi connectivity index (χ1v) is 10.2. The second kappa shape index (κ2) is 7.63. The standard InChI is InChI=1S/C24H28N4/c1-5-12-19-13-10-11-16-21(19)28-22(6-2)27(20-14-8-7-9-15-20)23-24(28)26-18(4)17(3)25-23/h7-11,13-16,22H,5-6,12H2,1-4H3. The molecule has 1 aliphatic rings. The van der Waals surface area contributed by atoms with E-state index in [1.165, 1.54) is 11.3 Å². The maximum absolute atomic E-state index is 5.01. The third-order valence-electron chi connectivity index (χ3n) is 5.49. The number of aryl methyl sites for hydroxylation is 3. The summed E-state index contributed by atoms with van der Waals surface area (Å²) in [7, 11) is 0. The molecule has 1 aliphatic heterocycles. The predicted molar refractivity (Wildman–Crippen MR) is 117 cm³/mol. The highest BCUT2D eigenvalue weighted by atomic mass is 15.5. The first kappa shape index (κ1) is 18.5. The highest BCUT2D eigenvalue weighted by Crippen LogP contribution is 2.47. The van der Waals surface area contributed by atoms with Gasteiger partial charge in [0.25, 0.3) is 0 Å². The molecule has 28 heavy (non-hydrogen) atoms. The minimum absolute atomic E-state index is 0.150. The van der Waals surface area contributed by atoms with E-state index >= 15 is 0 Å². The molecule has 4 nitrogen and oxygen atoms in total. The maximum atomic E-state index is 5.01. The zero-order valence-corrected chi connectivity index (χ0v) is 17.2. The summed E-state index contributed by atoms with van der Waals surface area (Å²) in [4.78, 5) is 14.7. The molecule has 144 valence electrons. The van der Waals surface area contributed by atoms with E-state index in [0.717, 1.165) is 48.0 Å². The summed E-state index contributed by atoms with van der Waals surface area (Å²) in [6.45, 7) is 8.56. The van der Waals surface area contributed by atoms with Gasteiger partial charge in [-0.2, -0.15) is 0 Å². The molecule has 1 unspecified atom stereocenters. The van der Waals surface area contributed by atoms with Gasteiger partial charge in [0.1, 0.15) is 6.17 Å². The second-order valence-electron chi connectivity index (χ2n) is 7.38. The third-order valence-corrected chi connectivity index (χ3v) is 5.49. The van der Waals surface area contributed by atoms with Gasteiger partial charge in [-0.25, -0.2) is 9.97 Å². The number of hydrogen-bond donors (Lipinski definition) is 0. The van der Waals surface area contributed by atoms with Crippen molar-refractivity contribution in [3.05, 3.63) is 71.5 Å². The van der Waals surface area contributed by atoms with E-state index in [-0.39, 0.29) is 6.17 Å². The van der Waals surface area contributed by atoms with E-state index < -0.39 is 0 Å². The van der Waals surface area contributed by atoms with Crippen LogP contribution in [0.25, 0.3) is 0 Å². The van der Waals surface area contributed by atoms with Crippen molar-refractivity contribution in [3.63, 3.8) is 0 Å². The Morgan fingerprint density at radius 2 is 1.39 bits per heavy atom. The highest BCUT2D eigenvalue weighted by Gasteiger charge is 2.40. The van der Waals surface area contributed by atoms with Crippen molar-refractivity contribution < 1.29 is 0 Å². The van der Waals surface area contributed by atoms with E-state index in [4.69, 9.17) is 9.97 Å². The van der Waals surface area contributed by atoms with Crippen LogP contribution in [0.3, 0.4) is 0 Å². The molecule has 0 fully saturated rings. The summed E-state index contributed by atoms with van der Waals surface area (Å²) in [5, 5.41) is 0. The molecular weight excluding hydrogens is 344 g/mol. The molecule has 2 aromatic carbocycles. The summed E-state index contributed by atoms with van der Waals surface area (Å²) in [6.07, 6.45) is 3.29. The molecule has 2 heterocycles. The minimum Gasteiger partial charge on any atom is -0.302 e.